The Labute approximate surface area is 310 Å². The summed E-state index contributed by atoms with van der Waals surface area (Å²) in [7, 11) is 0. The molecule has 6 amide bonds. The molecule has 4 rings (SSSR count). The molecule has 3 aromatic rings. The zero-order chi connectivity index (χ0) is 38.3. The molecule has 0 radical (unpaired) electrons. The van der Waals surface area contributed by atoms with Crippen LogP contribution in [-0.4, -0.2) is 82.5 Å². The number of rotatable bonds is 19. The largest absolute Gasteiger partial charge is 0.412 e. The summed E-state index contributed by atoms with van der Waals surface area (Å²) in [5, 5.41) is 6.93. The van der Waals surface area contributed by atoms with Crippen LogP contribution in [0, 0.1) is 5.92 Å². The topological polar surface area (TPSA) is 246 Å². The van der Waals surface area contributed by atoms with Crippen LogP contribution in [0.4, 0.5) is 10.5 Å². The molecule has 1 unspecified atom stereocenters. The number of ketones is 1. The SMILES string of the molecule is NC(=O)CNC(=O)[C@H](CSC1CC(=O)N(Cc2ccccc2)C1=O)CC(=O)[C@@H](N)CCNC(=O)Oc1ccc(C[C@H](N)C(=O)Nc2ccccc2)cc1. The van der Waals surface area contributed by atoms with Gasteiger partial charge < -0.3 is 37.9 Å². The van der Waals surface area contributed by atoms with Gasteiger partial charge in [0.2, 0.25) is 29.5 Å². The number of hydrogen-bond donors (Lipinski definition) is 6. The van der Waals surface area contributed by atoms with Crippen molar-refractivity contribution in [1.82, 2.24) is 15.5 Å². The van der Waals surface area contributed by atoms with E-state index in [0.29, 0.717) is 5.69 Å². The molecule has 1 heterocycles. The monoisotopic (exact) mass is 745 g/mol. The van der Waals surface area contributed by atoms with Gasteiger partial charge in [0.1, 0.15) is 11.5 Å². The maximum atomic E-state index is 13.1. The van der Waals surface area contributed by atoms with Crippen LogP contribution in [-0.2, 0) is 41.7 Å². The van der Waals surface area contributed by atoms with Gasteiger partial charge in [-0.1, -0.05) is 60.7 Å². The summed E-state index contributed by atoms with van der Waals surface area (Å²) in [6.45, 7) is -0.329. The highest BCUT2D eigenvalue weighted by Crippen LogP contribution is 2.29. The third-order valence-electron chi connectivity index (χ3n) is 8.25. The van der Waals surface area contributed by atoms with Crippen molar-refractivity contribution in [3.8, 4) is 5.75 Å². The summed E-state index contributed by atoms with van der Waals surface area (Å²) in [5.41, 5.74) is 19.5. The van der Waals surface area contributed by atoms with Gasteiger partial charge in [-0.15, -0.1) is 11.8 Å². The molecule has 0 aliphatic carbocycles. The molecule has 16 heteroatoms. The molecule has 0 bridgehead atoms. The molecule has 0 spiro atoms. The van der Waals surface area contributed by atoms with Gasteiger partial charge in [0.05, 0.1) is 36.3 Å². The van der Waals surface area contributed by atoms with Crippen LogP contribution in [0.3, 0.4) is 0 Å². The predicted molar refractivity (Wildman–Crippen MR) is 198 cm³/mol. The van der Waals surface area contributed by atoms with E-state index in [1.807, 2.05) is 36.4 Å². The van der Waals surface area contributed by atoms with Crippen molar-refractivity contribution in [2.24, 2.45) is 23.1 Å². The Balaban J connectivity index is 1.21. The lowest BCUT2D eigenvalue weighted by molar-refractivity contribution is -0.139. The Morgan fingerprint density at radius 3 is 2.15 bits per heavy atom. The first-order valence-electron chi connectivity index (χ1n) is 16.9. The number of thioether (sulfide) groups is 1. The van der Waals surface area contributed by atoms with Crippen molar-refractivity contribution in [1.29, 1.82) is 0 Å². The lowest BCUT2D eigenvalue weighted by atomic mass is 9.98. The van der Waals surface area contributed by atoms with E-state index in [-0.39, 0.29) is 68.0 Å². The second-order valence-corrected chi connectivity index (χ2v) is 13.6. The summed E-state index contributed by atoms with van der Waals surface area (Å²) < 4.78 is 5.29. The van der Waals surface area contributed by atoms with E-state index in [4.69, 9.17) is 21.9 Å². The van der Waals surface area contributed by atoms with Crippen LogP contribution < -0.4 is 37.9 Å². The molecule has 0 aromatic heterocycles. The number of amides is 6. The van der Waals surface area contributed by atoms with Crippen LogP contribution in [0.5, 0.6) is 5.75 Å². The fourth-order valence-electron chi connectivity index (χ4n) is 5.32. The number of nitrogens with one attached hydrogen (secondary N) is 3. The normalized spacial score (nSPS) is 15.6. The quantitative estimate of drug-likeness (QED) is 0.0953. The van der Waals surface area contributed by atoms with Gasteiger partial charge >= 0.3 is 6.09 Å². The molecular formula is C37H43N7O8S. The number of anilines is 1. The van der Waals surface area contributed by atoms with E-state index in [9.17, 15) is 33.6 Å². The Morgan fingerprint density at radius 2 is 1.49 bits per heavy atom. The van der Waals surface area contributed by atoms with Gasteiger partial charge in [0.15, 0.2) is 0 Å². The second-order valence-electron chi connectivity index (χ2n) is 12.4. The van der Waals surface area contributed by atoms with Gasteiger partial charge in [-0.25, -0.2) is 4.79 Å². The van der Waals surface area contributed by atoms with Gasteiger partial charge in [0.25, 0.3) is 0 Å². The van der Waals surface area contributed by atoms with Crippen LogP contribution in [0.2, 0.25) is 0 Å². The minimum Gasteiger partial charge on any atom is -0.410 e. The highest BCUT2D eigenvalue weighted by Gasteiger charge is 2.39. The van der Waals surface area contributed by atoms with Crippen LogP contribution in [0.1, 0.15) is 30.4 Å². The first kappa shape index (κ1) is 40.2. The summed E-state index contributed by atoms with van der Waals surface area (Å²) in [6, 6.07) is 22.7. The van der Waals surface area contributed by atoms with E-state index < -0.39 is 53.5 Å². The summed E-state index contributed by atoms with van der Waals surface area (Å²) in [5.74, 6) is -3.67. The van der Waals surface area contributed by atoms with Crippen molar-refractivity contribution in [3.63, 3.8) is 0 Å². The maximum absolute atomic E-state index is 13.1. The molecule has 53 heavy (non-hydrogen) atoms. The van der Waals surface area contributed by atoms with Gasteiger partial charge in [-0.3, -0.25) is 33.7 Å². The number of hydrogen-bond acceptors (Lipinski definition) is 11. The highest BCUT2D eigenvalue weighted by atomic mass is 32.2. The molecule has 9 N–H and O–H groups in total. The van der Waals surface area contributed by atoms with Crippen molar-refractivity contribution in [2.75, 3.05) is 24.2 Å². The number of imide groups is 1. The third kappa shape index (κ3) is 12.9. The first-order chi connectivity index (χ1) is 25.4. The molecule has 1 aliphatic rings. The Morgan fingerprint density at radius 1 is 0.830 bits per heavy atom. The fraction of sp³-hybridized carbons (Fsp3) is 0.324. The number of benzene rings is 3. The molecular weight excluding hydrogens is 703 g/mol. The third-order valence-corrected chi connectivity index (χ3v) is 9.61. The molecule has 0 saturated carbocycles. The van der Waals surface area contributed by atoms with Gasteiger partial charge in [0, 0.05) is 30.8 Å². The number of carbonyl (C=O) groups is 7. The van der Waals surface area contributed by atoms with E-state index >= 15 is 0 Å². The van der Waals surface area contributed by atoms with E-state index in [1.165, 1.54) is 4.90 Å². The van der Waals surface area contributed by atoms with E-state index in [2.05, 4.69) is 16.0 Å². The lowest BCUT2D eigenvalue weighted by Crippen LogP contribution is -2.42. The highest BCUT2D eigenvalue weighted by molar-refractivity contribution is 8.00. The molecule has 280 valence electrons. The van der Waals surface area contributed by atoms with Gasteiger partial charge in [-0.2, -0.15) is 0 Å². The van der Waals surface area contributed by atoms with Crippen LogP contribution >= 0.6 is 11.8 Å². The lowest BCUT2D eigenvalue weighted by Gasteiger charge is -2.19. The number of nitrogens with two attached hydrogens (primary N) is 3. The van der Waals surface area contributed by atoms with Crippen LogP contribution in [0.15, 0.2) is 84.9 Å². The van der Waals surface area contributed by atoms with E-state index in [1.54, 1.807) is 48.5 Å². The standard InChI is InChI=1S/C37H43N7O8S/c38-28(15-16-41-37(51)52-27-13-11-23(12-14-27)17-29(39)35(49)43-26-9-5-2-6-10-26)30(45)18-25(34(48)42-20-32(40)46)22-53-31-19-33(47)44(36(31)50)21-24-7-3-1-4-8-24/h1-14,25,28-29,31H,15-22,38-39H2,(H2,40,46)(H,41,51)(H,42,48)(H,43,49)/t25-,28-,29-,31?/m0/s1. The minimum absolute atomic E-state index is 0.00209. The van der Waals surface area contributed by atoms with Crippen molar-refractivity contribution in [3.05, 3.63) is 96.1 Å². The zero-order valence-corrected chi connectivity index (χ0v) is 29.7. The van der Waals surface area contributed by atoms with Crippen molar-refractivity contribution < 1.29 is 38.3 Å². The molecule has 1 fully saturated rings. The Bertz CT molecular complexity index is 1760. The molecule has 1 saturated heterocycles. The number of likely N-dealkylation sites (tertiary alicyclic amines) is 1. The summed E-state index contributed by atoms with van der Waals surface area (Å²) >= 11 is 1.08. The Kier molecular flexibility index (Phi) is 15.1. The molecule has 15 nitrogen and oxygen atoms in total. The number of ether oxygens (including phenoxy) is 1. The summed E-state index contributed by atoms with van der Waals surface area (Å²) in [6.07, 6.45) is -0.852. The predicted octanol–water partition coefficient (Wildman–Crippen LogP) is 1.24. The fourth-order valence-corrected chi connectivity index (χ4v) is 6.58. The average Bonchev–Trinajstić information content (AvgIpc) is 3.41. The second kappa shape index (κ2) is 19.9. The average molecular weight is 746 g/mol. The minimum atomic E-state index is -1.05. The number of Topliss-reactive ketones (excluding diaryl/α,β-unsaturated/α-hetero) is 1. The van der Waals surface area contributed by atoms with Crippen LogP contribution in [0.25, 0.3) is 0 Å². The number of primary amides is 1. The summed E-state index contributed by atoms with van der Waals surface area (Å²) in [4.78, 5) is 88.9. The van der Waals surface area contributed by atoms with Gasteiger partial charge in [-0.05, 0) is 48.2 Å². The Hall–Kier alpha value is -5.58. The molecule has 1 aliphatic heterocycles. The first-order valence-corrected chi connectivity index (χ1v) is 17.9. The maximum Gasteiger partial charge on any atom is 0.412 e. The number of para-hydroxylation sites is 1. The van der Waals surface area contributed by atoms with E-state index in [0.717, 1.165) is 22.9 Å². The zero-order valence-electron chi connectivity index (χ0n) is 28.9. The van der Waals surface area contributed by atoms with Crippen molar-refractivity contribution in [2.45, 2.75) is 49.6 Å². The molecule has 3 aromatic carbocycles. The number of nitrogens with zero attached hydrogens (tertiary/aromatic N) is 1. The van der Waals surface area contributed by atoms with Crippen molar-refractivity contribution >= 4 is 58.9 Å². The molecule has 4 atom stereocenters. The number of carbonyl (C=O) groups excluding carboxylic acids is 7. The smallest absolute Gasteiger partial charge is 0.410 e.